The van der Waals surface area contributed by atoms with Gasteiger partial charge in [-0.05, 0) is 36.4 Å². The van der Waals surface area contributed by atoms with E-state index in [2.05, 4.69) is 10.6 Å². The number of carbonyl (C=O) groups is 1. The Labute approximate surface area is 121 Å². The van der Waals surface area contributed by atoms with Crippen molar-refractivity contribution in [1.82, 2.24) is 0 Å². The van der Waals surface area contributed by atoms with Crippen LogP contribution in [0.5, 0.6) is 5.75 Å². The van der Waals surface area contributed by atoms with Crippen molar-refractivity contribution in [3.63, 3.8) is 0 Å². The van der Waals surface area contributed by atoms with Gasteiger partial charge in [0.05, 0.1) is 0 Å². The lowest BCUT2D eigenvalue weighted by atomic mass is 10.2. The predicted octanol–water partition coefficient (Wildman–Crippen LogP) is 3.15. The Bertz CT molecular complexity index is 594. The van der Waals surface area contributed by atoms with Crippen molar-refractivity contribution in [2.75, 3.05) is 10.6 Å². The zero-order valence-electron chi connectivity index (χ0n) is 10.6. The molecule has 0 aliphatic carbocycles. The predicted molar refractivity (Wildman–Crippen MR) is 80.1 cm³/mol. The third-order valence-corrected chi connectivity index (χ3v) is 3.07. The summed E-state index contributed by atoms with van der Waals surface area (Å²) in [6.07, 6.45) is 0. The van der Waals surface area contributed by atoms with E-state index in [1.54, 1.807) is 42.5 Å². The fourth-order valence-electron chi connectivity index (χ4n) is 1.73. The summed E-state index contributed by atoms with van der Waals surface area (Å²) in [5.74, 6) is 0.150. The third-order valence-electron chi connectivity index (χ3n) is 2.72. The maximum atomic E-state index is 10.7. The quantitative estimate of drug-likeness (QED) is 0.698. The van der Waals surface area contributed by atoms with Gasteiger partial charge in [-0.25, -0.2) is 4.79 Å². The average Bonchev–Trinajstić information content (AvgIpc) is 2.39. The molecule has 0 saturated carbocycles. The van der Waals surface area contributed by atoms with E-state index in [9.17, 15) is 9.90 Å². The maximum Gasteiger partial charge on any atom is 0.316 e. The zero-order chi connectivity index (χ0) is 14.5. The van der Waals surface area contributed by atoms with Crippen LogP contribution in [0.15, 0.2) is 42.5 Å². The van der Waals surface area contributed by atoms with Gasteiger partial charge in [0.25, 0.3) is 0 Å². The molecular weight excluding hydrogens is 278 g/mol. The number of aromatic hydroxyl groups is 1. The van der Waals surface area contributed by atoms with E-state index in [0.717, 1.165) is 5.69 Å². The highest BCUT2D eigenvalue weighted by atomic mass is 35.5. The molecule has 2 amide bonds. The highest BCUT2D eigenvalue weighted by molar-refractivity contribution is 6.31. The molecule has 0 fully saturated rings. The Morgan fingerprint density at radius 1 is 1.15 bits per heavy atom. The Hall–Kier alpha value is -2.40. The molecule has 2 aromatic carbocycles. The maximum absolute atomic E-state index is 10.7. The summed E-state index contributed by atoms with van der Waals surface area (Å²) < 4.78 is 0. The molecule has 20 heavy (non-hydrogen) atoms. The number of hydrogen-bond donors (Lipinski definition) is 4. The molecule has 0 saturated heterocycles. The molecule has 0 aromatic heterocycles. The van der Waals surface area contributed by atoms with Crippen LogP contribution in [0.1, 0.15) is 5.56 Å². The molecule has 2 rings (SSSR count). The van der Waals surface area contributed by atoms with E-state index < -0.39 is 6.03 Å². The van der Waals surface area contributed by atoms with Crippen molar-refractivity contribution in [3.8, 4) is 5.75 Å². The van der Waals surface area contributed by atoms with Crippen LogP contribution in [-0.4, -0.2) is 11.1 Å². The molecule has 0 bridgehead atoms. The van der Waals surface area contributed by atoms with Crippen molar-refractivity contribution in [1.29, 1.82) is 0 Å². The normalized spacial score (nSPS) is 10.1. The highest BCUT2D eigenvalue weighted by Crippen LogP contribution is 2.26. The fourth-order valence-corrected chi connectivity index (χ4v) is 1.96. The van der Waals surface area contributed by atoms with Crippen molar-refractivity contribution in [2.24, 2.45) is 5.73 Å². The molecule has 5 nitrogen and oxygen atoms in total. The number of nitrogens with two attached hydrogens (primary N) is 1. The van der Waals surface area contributed by atoms with Gasteiger partial charge in [-0.3, -0.25) is 0 Å². The summed E-state index contributed by atoms with van der Waals surface area (Å²) in [6.45, 7) is 0.397. The lowest BCUT2D eigenvalue weighted by Gasteiger charge is -2.10. The number of rotatable bonds is 4. The van der Waals surface area contributed by atoms with E-state index in [1.165, 1.54) is 0 Å². The van der Waals surface area contributed by atoms with Gasteiger partial charge in [-0.1, -0.05) is 17.7 Å². The molecule has 2 aromatic rings. The standard InChI is InChI=1S/C14H14ClN3O2/c15-12-2-1-3-13(19)11(12)8-17-9-4-6-10(7-5-9)18-14(16)20/h1-7,17,19H,8H2,(H3,16,18,20). The minimum atomic E-state index is -0.605. The second kappa shape index (κ2) is 6.16. The number of urea groups is 1. The van der Waals surface area contributed by atoms with Gasteiger partial charge >= 0.3 is 6.03 Å². The first kappa shape index (κ1) is 14.0. The summed E-state index contributed by atoms with van der Waals surface area (Å²) in [7, 11) is 0. The number of nitrogens with one attached hydrogen (secondary N) is 2. The van der Waals surface area contributed by atoms with E-state index in [0.29, 0.717) is 22.8 Å². The van der Waals surface area contributed by atoms with Crippen LogP contribution < -0.4 is 16.4 Å². The van der Waals surface area contributed by atoms with Gasteiger partial charge in [0.15, 0.2) is 0 Å². The zero-order valence-corrected chi connectivity index (χ0v) is 11.3. The van der Waals surface area contributed by atoms with Crippen LogP contribution in [-0.2, 0) is 6.54 Å². The number of phenols is 1. The van der Waals surface area contributed by atoms with Crippen LogP contribution in [0.3, 0.4) is 0 Å². The molecule has 0 aliphatic rings. The monoisotopic (exact) mass is 291 g/mol. The average molecular weight is 292 g/mol. The third kappa shape index (κ3) is 3.55. The molecule has 0 spiro atoms. The van der Waals surface area contributed by atoms with E-state index in [-0.39, 0.29) is 5.75 Å². The molecule has 104 valence electrons. The summed E-state index contributed by atoms with van der Waals surface area (Å²) in [5, 5.41) is 15.8. The molecule has 0 heterocycles. The number of anilines is 2. The van der Waals surface area contributed by atoms with E-state index >= 15 is 0 Å². The Balaban J connectivity index is 2.02. The fraction of sp³-hybridized carbons (Fsp3) is 0.0714. The Morgan fingerprint density at radius 3 is 2.40 bits per heavy atom. The molecule has 0 aliphatic heterocycles. The summed E-state index contributed by atoms with van der Waals surface area (Å²) in [6, 6.07) is 11.4. The lowest BCUT2D eigenvalue weighted by Crippen LogP contribution is -2.19. The molecule has 0 unspecified atom stereocenters. The van der Waals surface area contributed by atoms with Gasteiger partial charge in [0, 0.05) is 28.5 Å². The number of primary amides is 1. The Kier molecular flexibility index (Phi) is 4.32. The lowest BCUT2D eigenvalue weighted by molar-refractivity contribution is 0.259. The smallest absolute Gasteiger partial charge is 0.316 e. The number of benzene rings is 2. The number of amides is 2. The van der Waals surface area contributed by atoms with Gasteiger partial charge < -0.3 is 21.5 Å². The van der Waals surface area contributed by atoms with Crippen LogP contribution >= 0.6 is 11.6 Å². The molecule has 0 radical (unpaired) electrons. The van der Waals surface area contributed by atoms with Crippen LogP contribution in [0.4, 0.5) is 16.2 Å². The SMILES string of the molecule is NC(=O)Nc1ccc(NCc2c(O)cccc2Cl)cc1. The van der Waals surface area contributed by atoms with E-state index in [1.807, 2.05) is 0 Å². The van der Waals surface area contributed by atoms with Crippen LogP contribution in [0.25, 0.3) is 0 Å². The van der Waals surface area contributed by atoms with E-state index in [4.69, 9.17) is 17.3 Å². The van der Waals surface area contributed by atoms with Crippen molar-refractivity contribution >= 4 is 29.0 Å². The number of hydrogen-bond acceptors (Lipinski definition) is 3. The van der Waals surface area contributed by atoms with Gasteiger partial charge in [0.2, 0.25) is 0 Å². The minimum absolute atomic E-state index is 0.150. The van der Waals surface area contributed by atoms with Gasteiger partial charge in [-0.2, -0.15) is 0 Å². The van der Waals surface area contributed by atoms with Crippen LogP contribution in [0, 0.1) is 0 Å². The first-order valence-electron chi connectivity index (χ1n) is 5.93. The number of carbonyl (C=O) groups excluding carboxylic acids is 1. The summed E-state index contributed by atoms with van der Waals surface area (Å²) in [4.78, 5) is 10.7. The first-order valence-corrected chi connectivity index (χ1v) is 6.31. The molecule has 6 heteroatoms. The largest absolute Gasteiger partial charge is 0.508 e. The van der Waals surface area contributed by atoms with Crippen molar-refractivity contribution in [2.45, 2.75) is 6.54 Å². The first-order chi connectivity index (χ1) is 9.56. The van der Waals surface area contributed by atoms with Crippen LogP contribution in [0.2, 0.25) is 5.02 Å². The minimum Gasteiger partial charge on any atom is -0.508 e. The molecule has 5 N–H and O–H groups in total. The second-order valence-corrected chi connectivity index (χ2v) is 4.56. The van der Waals surface area contributed by atoms with Gasteiger partial charge in [0.1, 0.15) is 5.75 Å². The second-order valence-electron chi connectivity index (χ2n) is 4.16. The van der Waals surface area contributed by atoms with Gasteiger partial charge in [-0.15, -0.1) is 0 Å². The molecule has 0 atom stereocenters. The topological polar surface area (TPSA) is 87.4 Å². The summed E-state index contributed by atoms with van der Waals surface area (Å²) in [5.41, 5.74) is 7.10. The summed E-state index contributed by atoms with van der Waals surface area (Å²) >= 11 is 6.02. The molecular formula is C14H14ClN3O2. The highest BCUT2D eigenvalue weighted by Gasteiger charge is 2.05. The number of halogens is 1. The van der Waals surface area contributed by atoms with Crippen molar-refractivity contribution in [3.05, 3.63) is 53.1 Å². The van der Waals surface area contributed by atoms with Crippen molar-refractivity contribution < 1.29 is 9.90 Å². The number of phenolic OH excluding ortho intramolecular Hbond substituents is 1. The Morgan fingerprint density at radius 2 is 1.80 bits per heavy atom.